The Morgan fingerprint density at radius 3 is 3.15 bits per heavy atom. The molecule has 3 heterocycles. The second kappa shape index (κ2) is 4.95. The Bertz CT molecular complexity index is 583. The van der Waals surface area contributed by atoms with Gasteiger partial charge in [0.2, 0.25) is 11.7 Å². The van der Waals surface area contributed by atoms with E-state index in [9.17, 15) is 5.11 Å². The van der Waals surface area contributed by atoms with E-state index in [4.69, 9.17) is 4.52 Å². The lowest BCUT2D eigenvalue weighted by molar-refractivity contribution is 0.122. The molecule has 2 fully saturated rings. The molecule has 2 aromatic heterocycles. The van der Waals surface area contributed by atoms with E-state index in [1.54, 1.807) is 11.3 Å². The summed E-state index contributed by atoms with van der Waals surface area (Å²) in [4.78, 5) is 7.82. The van der Waals surface area contributed by atoms with Crippen LogP contribution in [0.25, 0.3) is 10.7 Å². The minimum absolute atomic E-state index is 0.116. The van der Waals surface area contributed by atoms with Crippen molar-refractivity contribution >= 4 is 11.3 Å². The number of hydrogen-bond donors (Lipinski definition) is 1. The Morgan fingerprint density at radius 1 is 1.40 bits per heavy atom. The topological polar surface area (TPSA) is 62.4 Å². The molecule has 2 aromatic rings. The number of aliphatic hydroxyl groups excluding tert-OH is 1. The van der Waals surface area contributed by atoms with Crippen LogP contribution in [0.4, 0.5) is 0 Å². The molecule has 1 aliphatic heterocycles. The van der Waals surface area contributed by atoms with E-state index in [0.29, 0.717) is 30.1 Å². The van der Waals surface area contributed by atoms with Crippen molar-refractivity contribution in [3.63, 3.8) is 0 Å². The van der Waals surface area contributed by atoms with Gasteiger partial charge in [-0.1, -0.05) is 11.2 Å². The molecule has 0 spiro atoms. The summed E-state index contributed by atoms with van der Waals surface area (Å²) in [6.07, 6.45) is 1.99. The Kier molecular flexibility index (Phi) is 3.09. The maximum atomic E-state index is 9.94. The highest BCUT2D eigenvalue weighted by molar-refractivity contribution is 7.13. The normalized spacial score (nSPS) is 29.9. The first-order valence-corrected chi connectivity index (χ1v) is 7.94. The average molecular weight is 291 g/mol. The van der Waals surface area contributed by atoms with E-state index in [1.165, 1.54) is 0 Å². The molecule has 1 aliphatic carbocycles. The van der Waals surface area contributed by atoms with Crippen molar-refractivity contribution in [2.75, 3.05) is 13.1 Å². The van der Waals surface area contributed by atoms with Crippen molar-refractivity contribution in [1.82, 2.24) is 15.0 Å². The molecule has 20 heavy (non-hydrogen) atoms. The first-order valence-electron chi connectivity index (χ1n) is 7.06. The van der Waals surface area contributed by atoms with Crippen molar-refractivity contribution in [1.29, 1.82) is 0 Å². The molecule has 0 radical (unpaired) electrons. The highest BCUT2D eigenvalue weighted by Crippen LogP contribution is 2.38. The van der Waals surface area contributed by atoms with Gasteiger partial charge in [0.1, 0.15) is 0 Å². The Morgan fingerprint density at radius 2 is 2.35 bits per heavy atom. The van der Waals surface area contributed by atoms with E-state index in [0.717, 1.165) is 30.8 Å². The number of thiophene rings is 1. The Hall–Kier alpha value is -1.24. The number of rotatable bonds is 3. The molecule has 6 heteroatoms. The average Bonchev–Trinajstić information content (AvgIpc) is 3.17. The van der Waals surface area contributed by atoms with Gasteiger partial charge in [-0.3, -0.25) is 4.90 Å². The van der Waals surface area contributed by atoms with Gasteiger partial charge in [0.25, 0.3) is 0 Å². The van der Waals surface area contributed by atoms with Crippen LogP contribution in [-0.4, -0.2) is 39.3 Å². The van der Waals surface area contributed by atoms with Crippen LogP contribution in [0.15, 0.2) is 22.0 Å². The molecule has 0 aromatic carbocycles. The first-order chi connectivity index (χ1) is 9.79. The largest absolute Gasteiger partial charge is 0.393 e. The molecule has 2 aliphatic rings. The third kappa shape index (κ3) is 2.17. The number of nitrogens with zero attached hydrogens (tertiary/aromatic N) is 3. The van der Waals surface area contributed by atoms with Gasteiger partial charge in [-0.25, -0.2) is 0 Å². The van der Waals surface area contributed by atoms with Crippen LogP contribution >= 0.6 is 11.3 Å². The van der Waals surface area contributed by atoms with Gasteiger partial charge in [0.05, 0.1) is 17.5 Å². The fraction of sp³-hybridized carbons (Fsp3) is 0.571. The molecular formula is C14H17N3O2S. The van der Waals surface area contributed by atoms with Gasteiger partial charge in [-0.05, 0) is 30.2 Å². The second-order valence-electron chi connectivity index (χ2n) is 5.75. The lowest BCUT2D eigenvalue weighted by Crippen LogP contribution is -2.24. The van der Waals surface area contributed by atoms with Gasteiger partial charge in [0, 0.05) is 19.0 Å². The van der Waals surface area contributed by atoms with Crippen LogP contribution in [0.2, 0.25) is 0 Å². The molecular weight excluding hydrogens is 274 g/mol. The molecule has 3 unspecified atom stereocenters. The third-order valence-corrected chi connectivity index (χ3v) is 5.33. The van der Waals surface area contributed by atoms with E-state index in [-0.39, 0.29) is 6.10 Å². The van der Waals surface area contributed by atoms with Gasteiger partial charge >= 0.3 is 0 Å². The molecule has 1 saturated heterocycles. The standard InChI is InChI=1S/C14H17N3O2S/c18-11-4-3-9-6-17(7-10(9)11)8-13-15-14(16-19-13)12-2-1-5-20-12/h1-2,5,9-11,18H,3-4,6-8H2. The lowest BCUT2D eigenvalue weighted by atomic mass is 10.00. The zero-order valence-electron chi connectivity index (χ0n) is 11.1. The fourth-order valence-corrected chi connectivity index (χ4v) is 4.12. The maximum absolute atomic E-state index is 9.94. The van der Waals surface area contributed by atoms with Crippen molar-refractivity contribution in [3.05, 3.63) is 23.4 Å². The highest BCUT2D eigenvalue weighted by Gasteiger charge is 2.41. The van der Waals surface area contributed by atoms with Crippen LogP contribution in [0.1, 0.15) is 18.7 Å². The van der Waals surface area contributed by atoms with Crippen molar-refractivity contribution in [3.8, 4) is 10.7 Å². The summed E-state index contributed by atoms with van der Waals surface area (Å²) >= 11 is 1.61. The maximum Gasteiger partial charge on any atom is 0.241 e. The van der Waals surface area contributed by atoms with Crippen LogP contribution in [-0.2, 0) is 6.54 Å². The number of likely N-dealkylation sites (tertiary alicyclic amines) is 1. The molecule has 3 atom stereocenters. The zero-order chi connectivity index (χ0) is 13.5. The van der Waals surface area contributed by atoms with E-state index >= 15 is 0 Å². The van der Waals surface area contributed by atoms with Crippen LogP contribution in [0.3, 0.4) is 0 Å². The molecule has 0 amide bonds. The van der Waals surface area contributed by atoms with Crippen molar-refractivity contribution in [2.45, 2.75) is 25.5 Å². The minimum Gasteiger partial charge on any atom is -0.393 e. The summed E-state index contributed by atoms with van der Waals surface area (Å²) in [5.74, 6) is 2.43. The summed E-state index contributed by atoms with van der Waals surface area (Å²) in [5.41, 5.74) is 0. The molecule has 1 N–H and O–H groups in total. The minimum atomic E-state index is -0.116. The summed E-state index contributed by atoms with van der Waals surface area (Å²) in [6.45, 7) is 2.68. The van der Waals surface area contributed by atoms with Crippen molar-refractivity contribution < 1.29 is 9.63 Å². The zero-order valence-corrected chi connectivity index (χ0v) is 11.9. The predicted molar refractivity (Wildman–Crippen MR) is 75.1 cm³/mol. The van der Waals surface area contributed by atoms with Gasteiger partial charge < -0.3 is 9.63 Å². The quantitative estimate of drug-likeness (QED) is 0.937. The van der Waals surface area contributed by atoms with Gasteiger partial charge in [-0.2, -0.15) is 4.98 Å². The van der Waals surface area contributed by atoms with Gasteiger partial charge in [-0.15, -0.1) is 11.3 Å². The predicted octanol–water partition coefficient (Wildman–Crippen LogP) is 2.00. The molecule has 106 valence electrons. The van der Waals surface area contributed by atoms with Crippen LogP contribution in [0, 0.1) is 11.8 Å². The number of fused-ring (bicyclic) bond motifs is 1. The number of aromatic nitrogens is 2. The number of hydrogen-bond acceptors (Lipinski definition) is 6. The summed E-state index contributed by atoms with van der Waals surface area (Å²) in [6, 6.07) is 3.98. The Balaban J connectivity index is 1.43. The van der Waals surface area contributed by atoms with E-state index in [2.05, 4.69) is 15.0 Å². The third-order valence-electron chi connectivity index (χ3n) is 4.46. The molecule has 5 nitrogen and oxygen atoms in total. The SMILES string of the molecule is OC1CCC2CN(Cc3nc(-c4cccs4)no3)CC12. The Labute approximate surface area is 121 Å². The molecule has 4 rings (SSSR count). The smallest absolute Gasteiger partial charge is 0.241 e. The highest BCUT2D eigenvalue weighted by atomic mass is 32.1. The van der Waals surface area contributed by atoms with Crippen LogP contribution in [0.5, 0.6) is 0 Å². The van der Waals surface area contributed by atoms with Crippen molar-refractivity contribution in [2.24, 2.45) is 11.8 Å². The monoisotopic (exact) mass is 291 g/mol. The lowest BCUT2D eigenvalue weighted by Gasteiger charge is -2.15. The second-order valence-corrected chi connectivity index (χ2v) is 6.70. The number of aliphatic hydroxyl groups is 1. The molecule has 1 saturated carbocycles. The molecule has 0 bridgehead atoms. The summed E-state index contributed by atoms with van der Waals surface area (Å²) < 4.78 is 5.34. The first kappa shape index (κ1) is 12.5. The van der Waals surface area contributed by atoms with E-state index < -0.39 is 0 Å². The fourth-order valence-electron chi connectivity index (χ4n) is 3.47. The van der Waals surface area contributed by atoms with Crippen LogP contribution < -0.4 is 0 Å². The summed E-state index contributed by atoms with van der Waals surface area (Å²) in [7, 11) is 0. The van der Waals surface area contributed by atoms with Gasteiger partial charge in [0.15, 0.2) is 0 Å². The van der Waals surface area contributed by atoms with E-state index in [1.807, 2.05) is 17.5 Å². The summed E-state index contributed by atoms with van der Waals surface area (Å²) in [5, 5.41) is 16.0.